The number of aromatic nitrogens is 2. The first kappa shape index (κ1) is 19.7. The van der Waals surface area contributed by atoms with E-state index < -0.39 is 11.5 Å². The van der Waals surface area contributed by atoms with Crippen LogP contribution >= 0.6 is 15.9 Å². The van der Waals surface area contributed by atoms with E-state index in [-0.39, 0.29) is 6.54 Å². The van der Waals surface area contributed by atoms with Crippen LogP contribution in [0.5, 0.6) is 17.2 Å². The second-order valence-electron chi connectivity index (χ2n) is 5.77. The number of ether oxygens (including phenoxy) is 3. The van der Waals surface area contributed by atoms with Crippen LogP contribution in [0.1, 0.15) is 0 Å². The molecule has 8 nitrogen and oxygen atoms in total. The summed E-state index contributed by atoms with van der Waals surface area (Å²) in [6.07, 6.45) is 1.51. The zero-order valence-corrected chi connectivity index (χ0v) is 17.1. The van der Waals surface area contributed by atoms with Crippen LogP contribution in [0.2, 0.25) is 0 Å². The van der Waals surface area contributed by atoms with Crippen LogP contribution in [0.3, 0.4) is 0 Å². The fourth-order valence-corrected chi connectivity index (χ4v) is 3.13. The number of carbonyl (C=O) groups excluding carboxylic acids is 1. The minimum absolute atomic E-state index is 0.269. The number of nitrogens with one attached hydrogen (secondary N) is 1. The molecular weight excluding hydrogens is 430 g/mol. The summed E-state index contributed by atoms with van der Waals surface area (Å²) in [6, 6.07) is 8.61. The molecule has 0 unspecified atom stereocenters. The first-order valence-corrected chi connectivity index (χ1v) is 9.02. The van der Waals surface area contributed by atoms with Gasteiger partial charge >= 0.3 is 0 Å². The molecule has 0 aliphatic heterocycles. The molecule has 0 atom stereocenters. The van der Waals surface area contributed by atoms with Crippen molar-refractivity contribution >= 4 is 38.3 Å². The first-order chi connectivity index (χ1) is 13.5. The van der Waals surface area contributed by atoms with E-state index in [0.717, 1.165) is 9.15 Å². The van der Waals surface area contributed by atoms with Gasteiger partial charge in [0, 0.05) is 9.86 Å². The summed E-state index contributed by atoms with van der Waals surface area (Å²) in [4.78, 5) is 25.4. The van der Waals surface area contributed by atoms with Crippen molar-refractivity contribution in [2.45, 2.75) is 6.54 Å². The number of methoxy groups -OCH3 is 3. The van der Waals surface area contributed by atoms with Gasteiger partial charge in [-0.25, -0.2) is 4.68 Å². The number of carbonyl (C=O) groups is 1. The lowest BCUT2D eigenvalue weighted by atomic mass is 10.1. The Kier molecular flexibility index (Phi) is 5.84. The summed E-state index contributed by atoms with van der Waals surface area (Å²) in [6.45, 7) is -0.269. The van der Waals surface area contributed by atoms with Gasteiger partial charge < -0.3 is 19.5 Å². The van der Waals surface area contributed by atoms with E-state index in [1.165, 1.54) is 27.5 Å². The molecule has 0 radical (unpaired) electrons. The van der Waals surface area contributed by atoms with Gasteiger partial charge in [0.05, 0.1) is 38.6 Å². The van der Waals surface area contributed by atoms with E-state index in [1.807, 2.05) is 0 Å². The van der Waals surface area contributed by atoms with Gasteiger partial charge in [0.2, 0.25) is 5.91 Å². The Labute approximate surface area is 169 Å². The average Bonchev–Trinajstić information content (AvgIpc) is 2.70. The smallest absolute Gasteiger partial charge is 0.279 e. The van der Waals surface area contributed by atoms with Crippen LogP contribution in [-0.4, -0.2) is 37.0 Å². The molecule has 28 heavy (non-hydrogen) atoms. The fourth-order valence-electron chi connectivity index (χ4n) is 2.79. The zero-order valence-electron chi connectivity index (χ0n) is 15.5. The lowest BCUT2D eigenvalue weighted by Gasteiger charge is -2.13. The molecule has 0 saturated carbocycles. The van der Waals surface area contributed by atoms with Crippen LogP contribution < -0.4 is 25.1 Å². The number of rotatable bonds is 6. The monoisotopic (exact) mass is 447 g/mol. The normalized spacial score (nSPS) is 10.6. The highest BCUT2D eigenvalue weighted by atomic mass is 79.9. The molecule has 0 saturated heterocycles. The van der Waals surface area contributed by atoms with Gasteiger partial charge in [0.15, 0.2) is 11.5 Å². The summed E-state index contributed by atoms with van der Waals surface area (Å²) in [7, 11) is 4.45. The van der Waals surface area contributed by atoms with Gasteiger partial charge in [-0.05, 0) is 30.3 Å². The van der Waals surface area contributed by atoms with Crippen molar-refractivity contribution in [3.05, 3.63) is 51.4 Å². The standard InChI is InChI=1S/C19H18BrN3O5/c1-26-14-7-4-11-9-21-23(19(25)17(11)18(14)28-3)10-16(24)22-13-6-5-12(20)8-15(13)27-2/h4-9H,10H2,1-3H3,(H,22,24). The second-order valence-corrected chi connectivity index (χ2v) is 6.68. The van der Waals surface area contributed by atoms with Gasteiger partial charge in [0.1, 0.15) is 12.3 Å². The molecule has 9 heteroatoms. The lowest BCUT2D eigenvalue weighted by Crippen LogP contribution is -2.29. The summed E-state index contributed by atoms with van der Waals surface area (Å²) < 4.78 is 17.7. The van der Waals surface area contributed by atoms with E-state index in [4.69, 9.17) is 14.2 Å². The number of amides is 1. The third-order valence-corrected chi connectivity index (χ3v) is 4.59. The Balaban J connectivity index is 1.93. The SMILES string of the molecule is COc1cc(Br)ccc1NC(=O)Cn1ncc2ccc(OC)c(OC)c2c1=O. The third kappa shape index (κ3) is 3.79. The largest absolute Gasteiger partial charge is 0.495 e. The van der Waals surface area contributed by atoms with Gasteiger partial charge in [-0.2, -0.15) is 5.10 Å². The van der Waals surface area contributed by atoms with E-state index in [2.05, 4.69) is 26.3 Å². The van der Waals surface area contributed by atoms with Crippen molar-refractivity contribution < 1.29 is 19.0 Å². The van der Waals surface area contributed by atoms with Crippen molar-refractivity contribution in [1.29, 1.82) is 0 Å². The number of halogens is 1. The maximum Gasteiger partial charge on any atom is 0.279 e. The summed E-state index contributed by atoms with van der Waals surface area (Å²) >= 11 is 3.34. The topological polar surface area (TPSA) is 91.7 Å². The highest BCUT2D eigenvalue weighted by Gasteiger charge is 2.16. The molecule has 1 aromatic heterocycles. The Bertz CT molecular complexity index is 1100. The third-order valence-electron chi connectivity index (χ3n) is 4.09. The van der Waals surface area contributed by atoms with E-state index in [0.29, 0.717) is 33.7 Å². The maximum absolute atomic E-state index is 12.9. The summed E-state index contributed by atoms with van der Waals surface area (Å²) in [5, 5.41) is 7.70. The van der Waals surface area contributed by atoms with Crippen molar-refractivity contribution in [3.63, 3.8) is 0 Å². The van der Waals surface area contributed by atoms with Gasteiger partial charge in [-0.3, -0.25) is 9.59 Å². The highest BCUT2D eigenvalue weighted by Crippen LogP contribution is 2.32. The molecule has 146 valence electrons. The van der Waals surface area contributed by atoms with Crippen molar-refractivity contribution in [2.75, 3.05) is 26.6 Å². The molecule has 1 heterocycles. The van der Waals surface area contributed by atoms with Crippen LogP contribution in [0, 0.1) is 0 Å². The number of fused-ring (bicyclic) bond motifs is 1. The molecule has 1 N–H and O–H groups in total. The second kappa shape index (κ2) is 8.30. The molecule has 0 fully saturated rings. The molecule has 1 amide bonds. The number of benzene rings is 2. The van der Waals surface area contributed by atoms with Gasteiger partial charge in [-0.1, -0.05) is 15.9 Å². The Morgan fingerprint density at radius 2 is 1.86 bits per heavy atom. The van der Waals surface area contributed by atoms with Gasteiger partial charge in [0.25, 0.3) is 5.56 Å². The van der Waals surface area contributed by atoms with Crippen LogP contribution in [0.15, 0.2) is 45.8 Å². The summed E-state index contributed by atoms with van der Waals surface area (Å²) in [5.74, 6) is 0.800. The molecule has 0 spiro atoms. The zero-order chi connectivity index (χ0) is 20.3. The van der Waals surface area contributed by atoms with E-state index in [9.17, 15) is 9.59 Å². The number of nitrogens with zero attached hydrogens (tertiary/aromatic N) is 2. The maximum atomic E-state index is 12.9. The number of hydrogen-bond donors (Lipinski definition) is 1. The molecule has 3 rings (SSSR count). The molecular formula is C19H18BrN3O5. The van der Waals surface area contributed by atoms with Crippen LogP contribution in [0.4, 0.5) is 5.69 Å². The minimum atomic E-state index is -0.453. The van der Waals surface area contributed by atoms with Gasteiger partial charge in [-0.15, -0.1) is 0 Å². The lowest BCUT2D eigenvalue weighted by molar-refractivity contribution is -0.117. The quantitative estimate of drug-likeness (QED) is 0.624. The average molecular weight is 448 g/mol. The van der Waals surface area contributed by atoms with E-state index >= 15 is 0 Å². The van der Waals surface area contributed by atoms with Crippen LogP contribution in [-0.2, 0) is 11.3 Å². The fraction of sp³-hybridized carbons (Fsp3) is 0.211. The van der Waals surface area contributed by atoms with Crippen LogP contribution in [0.25, 0.3) is 10.8 Å². The Morgan fingerprint density at radius 3 is 2.54 bits per heavy atom. The molecule has 0 aliphatic carbocycles. The summed E-state index contributed by atoms with van der Waals surface area (Å²) in [5.41, 5.74) is 0.0370. The first-order valence-electron chi connectivity index (χ1n) is 8.22. The number of anilines is 1. The Hall–Kier alpha value is -3.07. The predicted molar refractivity (Wildman–Crippen MR) is 108 cm³/mol. The molecule has 2 aromatic carbocycles. The van der Waals surface area contributed by atoms with Crippen molar-refractivity contribution in [2.24, 2.45) is 0 Å². The van der Waals surface area contributed by atoms with E-state index in [1.54, 1.807) is 30.3 Å². The number of hydrogen-bond acceptors (Lipinski definition) is 6. The molecule has 3 aromatic rings. The Morgan fingerprint density at radius 1 is 1.11 bits per heavy atom. The molecule has 0 bridgehead atoms. The predicted octanol–water partition coefficient (Wildman–Crippen LogP) is 2.82. The van der Waals surface area contributed by atoms with Crippen molar-refractivity contribution in [3.8, 4) is 17.2 Å². The highest BCUT2D eigenvalue weighted by molar-refractivity contribution is 9.10. The van der Waals surface area contributed by atoms with Crippen molar-refractivity contribution in [1.82, 2.24) is 9.78 Å². The minimum Gasteiger partial charge on any atom is -0.495 e. The molecule has 0 aliphatic rings.